The molecule has 2 heterocycles. The van der Waals surface area contributed by atoms with Gasteiger partial charge in [-0.1, -0.05) is 19.1 Å². The lowest BCUT2D eigenvalue weighted by atomic mass is 9.95. The first-order valence-corrected chi connectivity index (χ1v) is 11.2. The van der Waals surface area contributed by atoms with Crippen LogP contribution in [0.5, 0.6) is 0 Å². The van der Waals surface area contributed by atoms with Gasteiger partial charge in [0.15, 0.2) is 0 Å². The summed E-state index contributed by atoms with van der Waals surface area (Å²) >= 11 is 0. The van der Waals surface area contributed by atoms with Gasteiger partial charge in [-0.3, -0.25) is 14.5 Å². The molecule has 0 aliphatic carbocycles. The molecule has 0 saturated carbocycles. The number of hydrogen-bond acceptors (Lipinski definition) is 4. The second-order valence-electron chi connectivity index (χ2n) is 8.63. The summed E-state index contributed by atoms with van der Waals surface area (Å²) in [6, 6.07) is 12.2. The van der Waals surface area contributed by atoms with Crippen LogP contribution in [0.4, 0.5) is 5.82 Å². The molecule has 166 valence electrons. The molecule has 0 spiro atoms. The summed E-state index contributed by atoms with van der Waals surface area (Å²) in [6.45, 7) is 11.6. The normalized spacial score (nSPS) is 14.8. The fraction of sp³-hybridized carbons (Fsp3) is 0.480. The number of benzene rings is 1. The van der Waals surface area contributed by atoms with Crippen LogP contribution in [0.25, 0.3) is 0 Å². The van der Waals surface area contributed by atoms with Crippen LogP contribution in [-0.2, 0) is 11.3 Å². The van der Waals surface area contributed by atoms with Gasteiger partial charge in [-0.2, -0.15) is 0 Å². The van der Waals surface area contributed by atoms with E-state index in [9.17, 15) is 9.59 Å². The van der Waals surface area contributed by atoms with E-state index in [0.717, 1.165) is 18.7 Å². The molecule has 1 aromatic carbocycles. The summed E-state index contributed by atoms with van der Waals surface area (Å²) in [5, 5.41) is 2.91. The Morgan fingerprint density at radius 3 is 2.42 bits per heavy atom. The topological polar surface area (TPSA) is 65.5 Å². The molecule has 0 atom stereocenters. The fourth-order valence-corrected chi connectivity index (χ4v) is 4.01. The minimum absolute atomic E-state index is 0.0137. The maximum absolute atomic E-state index is 12.9. The molecule has 31 heavy (non-hydrogen) atoms. The predicted octanol–water partition coefficient (Wildman–Crippen LogP) is 4.11. The molecule has 0 radical (unpaired) electrons. The number of likely N-dealkylation sites (tertiary alicyclic amines) is 1. The highest BCUT2D eigenvalue weighted by atomic mass is 16.2. The standard InChI is InChI=1S/C25H34N4O2/c1-5-28(18(2)3)17-20-6-8-22(9-7-20)25(31)29-14-11-21(12-15-29)24(30)27-23-16-19(4)10-13-26-23/h6-10,13,16,18,21H,5,11-12,14-15,17H2,1-4H3,(H,26,27,30). The zero-order valence-electron chi connectivity index (χ0n) is 19.1. The molecule has 1 aliphatic rings. The lowest BCUT2D eigenvalue weighted by Crippen LogP contribution is -2.41. The van der Waals surface area contributed by atoms with Gasteiger partial charge in [-0.15, -0.1) is 0 Å². The molecule has 0 bridgehead atoms. The number of anilines is 1. The van der Waals surface area contributed by atoms with E-state index >= 15 is 0 Å². The van der Waals surface area contributed by atoms with Crippen molar-refractivity contribution in [3.63, 3.8) is 0 Å². The minimum Gasteiger partial charge on any atom is -0.339 e. The zero-order chi connectivity index (χ0) is 22.4. The zero-order valence-corrected chi connectivity index (χ0v) is 19.1. The van der Waals surface area contributed by atoms with E-state index in [1.807, 2.05) is 48.2 Å². The van der Waals surface area contributed by atoms with E-state index in [1.54, 1.807) is 6.20 Å². The van der Waals surface area contributed by atoms with E-state index in [4.69, 9.17) is 0 Å². The van der Waals surface area contributed by atoms with Gasteiger partial charge in [0.2, 0.25) is 5.91 Å². The van der Waals surface area contributed by atoms with Crippen molar-refractivity contribution in [2.24, 2.45) is 5.92 Å². The van der Waals surface area contributed by atoms with Crippen molar-refractivity contribution in [2.45, 2.75) is 53.1 Å². The summed E-state index contributed by atoms with van der Waals surface area (Å²) in [4.78, 5) is 33.9. The Bertz CT molecular complexity index is 887. The Labute approximate surface area is 185 Å². The number of carbonyl (C=O) groups is 2. The van der Waals surface area contributed by atoms with E-state index in [-0.39, 0.29) is 17.7 Å². The van der Waals surface area contributed by atoms with Gasteiger partial charge >= 0.3 is 0 Å². The van der Waals surface area contributed by atoms with Crippen LogP contribution in [0.3, 0.4) is 0 Å². The summed E-state index contributed by atoms with van der Waals surface area (Å²) in [7, 11) is 0. The number of piperidine rings is 1. The first-order valence-electron chi connectivity index (χ1n) is 11.2. The number of aryl methyl sites for hydroxylation is 1. The third-order valence-electron chi connectivity index (χ3n) is 6.04. The Hall–Kier alpha value is -2.73. The maximum Gasteiger partial charge on any atom is 0.253 e. The second-order valence-corrected chi connectivity index (χ2v) is 8.63. The average Bonchev–Trinajstić information content (AvgIpc) is 2.77. The highest BCUT2D eigenvalue weighted by molar-refractivity contribution is 5.95. The number of carbonyl (C=O) groups excluding carboxylic acids is 2. The molecule has 1 aromatic heterocycles. The summed E-state index contributed by atoms with van der Waals surface area (Å²) < 4.78 is 0. The van der Waals surface area contributed by atoms with Gasteiger partial charge in [0.05, 0.1) is 0 Å². The second kappa shape index (κ2) is 10.5. The van der Waals surface area contributed by atoms with Gasteiger partial charge < -0.3 is 10.2 Å². The van der Waals surface area contributed by atoms with Crippen LogP contribution >= 0.6 is 0 Å². The molecule has 1 saturated heterocycles. The van der Waals surface area contributed by atoms with Crippen LogP contribution in [-0.4, -0.2) is 52.3 Å². The molecule has 3 rings (SSSR count). The Morgan fingerprint density at radius 2 is 1.84 bits per heavy atom. The van der Waals surface area contributed by atoms with Crippen LogP contribution in [0, 0.1) is 12.8 Å². The monoisotopic (exact) mass is 422 g/mol. The number of hydrogen-bond donors (Lipinski definition) is 1. The van der Waals surface area contributed by atoms with Crippen molar-refractivity contribution >= 4 is 17.6 Å². The van der Waals surface area contributed by atoms with E-state index < -0.39 is 0 Å². The van der Waals surface area contributed by atoms with Gasteiger partial charge in [0.1, 0.15) is 5.82 Å². The van der Waals surface area contributed by atoms with Crippen molar-refractivity contribution in [2.75, 3.05) is 25.0 Å². The SMILES string of the molecule is CCN(Cc1ccc(C(=O)N2CCC(C(=O)Nc3cc(C)ccn3)CC2)cc1)C(C)C. The average molecular weight is 423 g/mol. The molecule has 1 fully saturated rings. The third kappa shape index (κ3) is 6.14. The molecule has 2 amide bonds. The highest BCUT2D eigenvalue weighted by Gasteiger charge is 2.28. The Morgan fingerprint density at radius 1 is 1.16 bits per heavy atom. The molecule has 0 unspecified atom stereocenters. The molecule has 6 heteroatoms. The minimum atomic E-state index is -0.0928. The lowest BCUT2D eigenvalue weighted by molar-refractivity contribution is -0.121. The number of rotatable bonds is 7. The number of nitrogens with zero attached hydrogens (tertiary/aromatic N) is 3. The molecule has 6 nitrogen and oxygen atoms in total. The molecule has 2 aromatic rings. The maximum atomic E-state index is 12.9. The molecular formula is C25H34N4O2. The van der Waals surface area contributed by atoms with Crippen LogP contribution in [0.1, 0.15) is 55.1 Å². The summed E-state index contributed by atoms with van der Waals surface area (Å²) in [5.41, 5.74) is 2.98. The third-order valence-corrected chi connectivity index (χ3v) is 6.04. The van der Waals surface area contributed by atoms with E-state index in [0.29, 0.717) is 43.4 Å². The van der Waals surface area contributed by atoms with Gasteiger partial charge in [0.25, 0.3) is 5.91 Å². The first kappa shape index (κ1) is 22.9. The van der Waals surface area contributed by atoms with Gasteiger partial charge in [-0.05, 0) is 75.5 Å². The summed E-state index contributed by atoms with van der Waals surface area (Å²) in [5.74, 6) is 0.523. The molecule has 1 aliphatic heterocycles. The van der Waals surface area contributed by atoms with Crippen LogP contribution in [0.2, 0.25) is 0 Å². The van der Waals surface area contributed by atoms with Gasteiger partial charge in [-0.25, -0.2) is 4.98 Å². The number of amides is 2. The number of nitrogens with one attached hydrogen (secondary N) is 1. The lowest BCUT2D eigenvalue weighted by Gasteiger charge is -2.31. The fourth-order valence-electron chi connectivity index (χ4n) is 4.01. The van der Waals surface area contributed by atoms with Crippen LogP contribution in [0.15, 0.2) is 42.6 Å². The van der Waals surface area contributed by atoms with Crippen molar-refractivity contribution in [1.82, 2.24) is 14.8 Å². The summed E-state index contributed by atoms with van der Waals surface area (Å²) in [6.07, 6.45) is 3.03. The quantitative estimate of drug-likeness (QED) is 0.729. The first-order chi connectivity index (χ1) is 14.9. The highest BCUT2D eigenvalue weighted by Crippen LogP contribution is 2.21. The van der Waals surface area contributed by atoms with Crippen molar-refractivity contribution in [1.29, 1.82) is 0 Å². The molecular weight excluding hydrogens is 388 g/mol. The number of aromatic nitrogens is 1. The van der Waals surface area contributed by atoms with E-state index in [1.165, 1.54) is 5.56 Å². The van der Waals surface area contributed by atoms with Gasteiger partial charge in [0, 0.05) is 43.4 Å². The predicted molar refractivity (Wildman–Crippen MR) is 124 cm³/mol. The smallest absolute Gasteiger partial charge is 0.253 e. The Balaban J connectivity index is 1.52. The van der Waals surface area contributed by atoms with Crippen molar-refractivity contribution in [3.8, 4) is 0 Å². The Kier molecular flexibility index (Phi) is 7.80. The van der Waals surface area contributed by atoms with Crippen molar-refractivity contribution < 1.29 is 9.59 Å². The van der Waals surface area contributed by atoms with E-state index in [2.05, 4.69) is 36.0 Å². The van der Waals surface area contributed by atoms with Crippen molar-refractivity contribution in [3.05, 3.63) is 59.3 Å². The van der Waals surface area contributed by atoms with Crippen LogP contribution < -0.4 is 5.32 Å². The number of pyridine rings is 1. The largest absolute Gasteiger partial charge is 0.339 e. The molecule has 1 N–H and O–H groups in total.